The van der Waals surface area contributed by atoms with Gasteiger partial charge >= 0.3 is 6.18 Å². The normalized spacial score (nSPS) is 18.8. The fraction of sp³-hybridized carbons (Fsp3) is 0.571. The zero-order valence-corrected chi connectivity index (χ0v) is 11.1. The minimum atomic E-state index is -4.47. The maximum Gasteiger partial charge on any atom is 0.418 e. The van der Waals surface area contributed by atoms with Gasteiger partial charge in [-0.1, -0.05) is 19.3 Å². The largest absolute Gasteiger partial charge is 0.418 e. The number of nitrogens with two attached hydrogens (primary N) is 1. The lowest BCUT2D eigenvalue weighted by Crippen LogP contribution is -2.38. The lowest BCUT2D eigenvalue weighted by Gasteiger charge is -2.32. The molecular weight excluding hydrogens is 269 g/mol. The van der Waals surface area contributed by atoms with Gasteiger partial charge in [-0.15, -0.1) is 0 Å². The number of hydrogen-bond donors (Lipinski definition) is 3. The first-order valence-corrected chi connectivity index (χ1v) is 6.73. The van der Waals surface area contributed by atoms with Crippen LogP contribution in [0.3, 0.4) is 0 Å². The number of rotatable bonds is 3. The third-order valence-corrected chi connectivity index (χ3v) is 3.76. The van der Waals surface area contributed by atoms with Gasteiger partial charge in [0.05, 0.1) is 11.2 Å². The molecule has 6 heteroatoms. The van der Waals surface area contributed by atoms with Gasteiger partial charge in [-0.2, -0.15) is 13.2 Å². The van der Waals surface area contributed by atoms with Crippen molar-refractivity contribution in [3.63, 3.8) is 0 Å². The number of aliphatic hydroxyl groups is 1. The maximum atomic E-state index is 12.7. The van der Waals surface area contributed by atoms with E-state index < -0.39 is 17.3 Å². The molecule has 4 N–H and O–H groups in total. The highest BCUT2D eigenvalue weighted by Crippen LogP contribution is 2.35. The predicted molar refractivity (Wildman–Crippen MR) is 72.4 cm³/mol. The smallest absolute Gasteiger partial charge is 0.398 e. The Balaban J connectivity index is 2.06. The first-order valence-electron chi connectivity index (χ1n) is 6.73. The number of anilines is 2. The fourth-order valence-corrected chi connectivity index (χ4v) is 2.56. The van der Waals surface area contributed by atoms with Gasteiger partial charge in [0.25, 0.3) is 0 Å². The van der Waals surface area contributed by atoms with E-state index in [-0.39, 0.29) is 12.2 Å². The van der Waals surface area contributed by atoms with Crippen LogP contribution in [0.4, 0.5) is 24.5 Å². The highest BCUT2D eigenvalue weighted by atomic mass is 19.4. The van der Waals surface area contributed by atoms with Gasteiger partial charge in [-0.3, -0.25) is 0 Å². The minimum absolute atomic E-state index is 0.258. The Hall–Kier alpha value is -1.43. The van der Waals surface area contributed by atoms with E-state index in [1.807, 2.05) is 0 Å². The fourth-order valence-electron chi connectivity index (χ4n) is 2.56. The molecule has 1 aliphatic rings. The molecule has 2 rings (SSSR count). The molecule has 0 bridgehead atoms. The van der Waals surface area contributed by atoms with Gasteiger partial charge in [0.2, 0.25) is 0 Å². The van der Waals surface area contributed by atoms with Crippen molar-refractivity contribution in [3.8, 4) is 0 Å². The van der Waals surface area contributed by atoms with Gasteiger partial charge in [-0.05, 0) is 31.0 Å². The Morgan fingerprint density at radius 3 is 2.45 bits per heavy atom. The molecule has 1 saturated carbocycles. The third-order valence-electron chi connectivity index (χ3n) is 3.76. The van der Waals surface area contributed by atoms with Crippen LogP contribution in [0, 0.1) is 0 Å². The first-order chi connectivity index (χ1) is 9.30. The summed E-state index contributed by atoms with van der Waals surface area (Å²) in [5, 5.41) is 13.2. The van der Waals surface area contributed by atoms with Gasteiger partial charge in [-0.25, -0.2) is 0 Å². The zero-order valence-electron chi connectivity index (χ0n) is 11.1. The van der Waals surface area contributed by atoms with Crippen molar-refractivity contribution in [3.05, 3.63) is 23.8 Å². The zero-order chi connectivity index (χ0) is 14.8. The average molecular weight is 288 g/mol. The lowest BCUT2D eigenvalue weighted by molar-refractivity contribution is -0.136. The summed E-state index contributed by atoms with van der Waals surface area (Å²) in [6.07, 6.45) is -0.102. The van der Waals surface area contributed by atoms with Crippen LogP contribution in [0.15, 0.2) is 18.2 Å². The second kappa shape index (κ2) is 5.52. The maximum absolute atomic E-state index is 12.7. The Bertz CT molecular complexity index is 468. The van der Waals surface area contributed by atoms with Crippen molar-refractivity contribution < 1.29 is 18.3 Å². The van der Waals surface area contributed by atoms with E-state index in [1.165, 1.54) is 12.1 Å². The Labute approximate surface area is 116 Å². The molecule has 1 aliphatic carbocycles. The topological polar surface area (TPSA) is 58.3 Å². The number of alkyl halides is 3. The molecule has 1 aromatic rings. The lowest BCUT2D eigenvalue weighted by atomic mass is 9.85. The monoisotopic (exact) mass is 288 g/mol. The molecule has 0 saturated heterocycles. The number of nitrogens with one attached hydrogen (secondary N) is 1. The number of halogens is 3. The summed E-state index contributed by atoms with van der Waals surface area (Å²) in [6.45, 7) is 0.258. The summed E-state index contributed by atoms with van der Waals surface area (Å²) in [5.74, 6) is 0. The minimum Gasteiger partial charge on any atom is -0.398 e. The van der Waals surface area contributed by atoms with Crippen molar-refractivity contribution in [1.82, 2.24) is 0 Å². The average Bonchev–Trinajstić information content (AvgIpc) is 2.37. The second-order valence-electron chi connectivity index (χ2n) is 5.44. The predicted octanol–water partition coefficient (Wildman–Crippen LogP) is 3.39. The summed E-state index contributed by atoms with van der Waals surface area (Å²) in [7, 11) is 0. The highest BCUT2D eigenvalue weighted by molar-refractivity contribution is 5.58. The van der Waals surface area contributed by atoms with E-state index in [1.54, 1.807) is 0 Å². The standard InChI is InChI=1S/C14H19F3N2O/c15-14(16,17)11-8-10(4-5-12(11)18)19-9-13(20)6-2-1-3-7-13/h4-5,8,19-20H,1-3,6-7,9,18H2. The van der Waals surface area contributed by atoms with Crippen molar-refractivity contribution in [2.45, 2.75) is 43.9 Å². The molecule has 1 fully saturated rings. The van der Waals surface area contributed by atoms with Crippen LogP contribution < -0.4 is 11.1 Å². The Kier molecular flexibility index (Phi) is 4.13. The first kappa shape index (κ1) is 15.0. The van der Waals surface area contributed by atoms with E-state index in [9.17, 15) is 18.3 Å². The molecule has 0 atom stereocenters. The van der Waals surface area contributed by atoms with Crippen LogP contribution in [0.5, 0.6) is 0 Å². The van der Waals surface area contributed by atoms with Gasteiger partial charge in [0.1, 0.15) is 0 Å². The van der Waals surface area contributed by atoms with Crippen LogP contribution in [0.1, 0.15) is 37.7 Å². The summed E-state index contributed by atoms with van der Waals surface area (Å²) in [4.78, 5) is 0. The van der Waals surface area contributed by atoms with Gasteiger partial charge in [0, 0.05) is 17.9 Å². The Morgan fingerprint density at radius 1 is 1.20 bits per heavy atom. The number of nitrogen functional groups attached to an aromatic ring is 1. The van der Waals surface area contributed by atoms with E-state index in [0.29, 0.717) is 18.5 Å². The van der Waals surface area contributed by atoms with Gasteiger partial charge < -0.3 is 16.2 Å². The quantitative estimate of drug-likeness (QED) is 0.747. The van der Waals surface area contributed by atoms with Crippen molar-refractivity contribution in [2.24, 2.45) is 0 Å². The van der Waals surface area contributed by atoms with Crippen molar-refractivity contribution in [2.75, 3.05) is 17.6 Å². The van der Waals surface area contributed by atoms with Crippen molar-refractivity contribution >= 4 is 11.4 Å². The number of benzene rings is 1. The Morgan fingerprint density at radius 2 is 1.85 bits per heavy atom. The summed E-state index contributed by atoms with van der Waals surface area (Å²) in [6, 6.07) is 3.72. The van der Waals surface area contributed by atoms with Crippen LogP contribution >= 0.6 is 0 Å². The third kappa shape index (κ3) is 3.56. The van der Waals surface area contributed by atoms with Crippen LogP contribution in [0.25, 0.3) is 0 Å². The molecule has 0 aliphatic heterocycles. The van der Waals surface area contributed by atoms with Crippen LogP contribution in [-0.2, 0) is 6.18 Å². The molecule has 1 aromatic carbocycles. The molecule has 0 heterocycles. The summed E-state index contributed by atoms with van der Waals surface area (Å²) < 4.78 is 38.2. The SMILES string of the molecule is Nc1ccc(NCC2(O)CCCCC2)cc1C(F)(F)F. The molecule has 0 spiro atoms. The number of hydrogen-bond acceptors (Lipinski definition) is 3. The molecular formula is C14H19F3N2O. The molecule has 0 radical (unpaired) electrons. The van der Waals surface area contributed by atoms with E-state index >= 15 is 0 Å². The van der Waals surface area contributed by atoms with Crippen molar-refractivity contribution in [1.29, 1.82) is 0 Å². The van der Waals surface area contributed by atoms with Gasteiger partial charge in [0.15, 0.2) is 0 Å². The summed E-state index contributed by atoms with van der Waals surface area (Å²) in [5.41, 5.74) is 3.71. The highest BCUT2D eigenvalue weighted by Gasteiger charge is 2.33. The molecule has 0 aromatic heterocycles. The van der Waals surface area contributed by atoms with E-state index in [2.05, 4.69) is 5.32 Å². The second-order valence-corrected chi connectivity index (χ2v) is 5.44. The molecule has 0 unspecified atom stereocenters. The van der Waals surface area contributed by atoms with Crippen LogP contribution in [-0.4, -0.2) is 17.3 Å². The molecule has 20 heavy (non-hydrogen) atoms. The van der Waals surface area contributed by atoms with Crippen LogP contribution in [0.2, 0.25) is 0 Å². The molecule has 3 nitrogen and oxygen atoms in total. The summed E-state index contributed by atoms with van der Waals surface area (Å²) >= 11 is 0. The molecule has 0 amide bonds. The molecule has 112 valence electrons. The van der Waals surface area contributed by atoms with E-state index in [0.717, 1.165) is 25.3 Å². The van der Waals surface area contributed by atoms with E-state index in [4.69, 9.17) is 5.73 Å².